The second kappa shape index (κ2) is 5.56. The van der Waals surface area contributed by atoms with Crippen molar-refractivity contribution in [3.8, 4) is 5.75 Å². The third-order valence-electron chi connectivity index (χ3n) is 2.10. The van der Waals surface area contributed by atoms with Crippen LogP contribution < -0.4 is 4.74 Å². The fourth-order valence-electron chi connectivity index (χ4n) is 1.26. The van der Waals surface area contributed by atoms with Gasteiger partial charge in [-0.3, -0.25) is 0 Å². The molecule has 0 aliphatic carbocycles. The Balaban J connectivity index is 2.72. The quantitative estimate of drug-likeness (QED) is 0.767. The number of hydrogen-bond donors (Lipinski definition) is 1. The topological polar surface area (TPSA) is 29.5 Å². The molecule has 0 amide bonds. The minimum atomic E-state index is -0.493. The van der Waals surface area contributed by atoms with Crippen LogP contribution in [0.25, 0.3) is 0 Å². The van der Waals surface area contributed by atoms with E-state index < -0.39 is 6.10 Å². The Kier molecular flexibility index (Phi) is 4.37. The Morgan fingerprint density at radius 1 is 1.40 bits per heavy atom. The van der Waals surface area contributed by atoms with Crippen LogP contribution in [0.1, 0.15) is 32.4 Å². The largest absolute Gasteiger partial charge is 0.489 e. The van der Waals surface area contributed by atoms with Gasteiger partial charge in [0, 0.05) is 5.56 Å². The molecule has 2 heteroatoms. The molecular weight excluding hydrogens is 188 g/mol. The molecule has 0 aliphatic rings. The van der Waals surface area contributed by atoms with Crippen LogP contribution in [-0.2, 0) is 0 Å². The number of benzene rings is 1. The molecule has 2 nitrogen and oxygen atoms in total. The molecule has 1 unspecified atom stereocenters. The van der Waals surface area contributed by atoms with E-state index in [0.717, 1.165) is 11.3 Å². The van der Waals surface area contributed by atoms with E-state index in [1.54, 1.807) is 6.92 Å². The molecule has 1 N–H and O–H groups in total. The minimum Gasteiger partial charge on any atom is -0.489 e. The third-order valence-corrected chi connectivity index (χ3v) is 2.10. The molecule has 1 aromatic rings. The first-order valence-corrected chi connectivity index (χ1v) is 5.14. The summed E-state index contributed by atoms with van der Waals surface area (Å²) >= 11 is 0. The summed E-state index contributed by atoms with van der Waals surface area (Å²) in [5, 5.41) is 9.52. The van der Waals surface area contributed by atoms with Crippen molar-refractivity contribution in [3.63, 3.8) is 0 Å². The van der Waals surface area contributed by atoms with Crippen molar-refractivity contribution in [1.82, 2.24) is 0 Å². The lowest BCUT2D eigenvalue weighted by Crippen LogP contribution is -2.00. The second-order valence-corrected chi connectivity index (χ2v) is 3.81. The van der Waals surface area contributed by atoms with E-state index in [9.17, 15) is 5.11 Å². The summed E-state index contributed by atoms with van der Waals surface area (Å²) in [4.78, 5) is 0. The molecule has 0 saturated heterocycles. The Bertz CT molecular complexity index is 336. The summed E-state index contributed by atoms with van der Waals surface area (Å²) in [6.07, 6.45) is 1.52. The normalized spacial score (nSPS) is 12.0. The fraction of sp³-hybridized carbons (Fsp3) is 0.385. The number of allylic oxidation sites excluding steroid dienone is 1. The molecule has 1 rings (SSSR count). The lowest BCUT2D eigenvalue weighted by Gasteiger charge is -2.11. The third kappa shape index (κ3) is 3.76. The summed E-state index contributed by atoms with van der Waals surface area (Å²) in [5.74, 6) is 0.755. The zero-order chi connectivity index (χ0) is 11.3. The van der Waals surface area contributed by atoms with Gasteiger partial charge in [-0.1, -0.05) is 23.8 Å². The van der Waals surface area contributed by atoms with Gasteiger partial charge in [-0.25, -0.2) is 0 Å². The van der Waals surface area contributed by atoms with E-state index in [2.05, 4.69) is 0 Å². The van der Waals surface area contributed by atoms with Gasteiger partial charge < -0.3 is 9.84 Å². The zero-order valence-corrected chi connectivity index (χ0v) is 9.53. The Morgan fingerprint density at radius 2 is 2.07 bits per heavy atom. The lowest BCUT2D eigenvalue weighted by molar-refractivity contribution is 0.193. The summed E-state index contributed by atoms with van der Waals surface area (Å²) in [6, 6.07) is 7.56. The van der Waals surface area contributed by atoms with Gasteiger partial charge in [0.25, 0.3) is 0 Å². The van der Waals surface area contributed by atoms with Gasteiger partial charge in [0.2, 0.25) is 0 Å². The number of ether oxygens (including phenoxy) is 1. The van der Waals surface area contributed by atoms with E-state index in [1.165, 1.54) is 5.57 Å². The number of hydrogen-bond acceptors (Lipinski definition) is 2. The van der Waals surface area contributed by atoms with Crippen molar-refractivity contribution in [2.45, 2.75) is 26.9 Å². The van der Waals surface area contributed by atoms with Crippen molar-refractivity contribution >= 4 is 0 Å². The molecule has 0 aliphatic heterocycles. The van der Waals surface area contributed by atoms with Crippen LogP contribution >= 0.6 is 0 Å². The maximum absolute atomic E-state index is 9.52. The summed E-state index contributed by atoms with van der Waals surface area (Å²) < 4.78 is 5.57. The first-order valence-electron chi connectivity index (χ1n) is 5.14. The molecule has 0 radical (unpaired) electrons. The summed E-state index contributed by atoms with van der Waals surface area (Å²) in [6.45, 7) is 6.35. The van der Waals surface area contributed by atoms with Crippen molar-refractivity contribution in [2.24, 2.45) is 0 Å². The number of para-hydroxylation sites is 1. The second-order valence-electron chi connectivity index (χ2n) is 3.81. The van der Waals surface area contributed by atoms with E-state index in [1.807, 2.05) is 44.2 Å². The Morgan fingerprint density at radius 3 is 2.67 bits per heavy atom. The molecule has 0 saturated carbocycles. The Labute approximate surface area is 91.2 Å². The number of aliphatic hydroxyl groups is 1. The van der Waals surface area contributed by atoms with Gasteiger partial charge in [-0.2, -0.15) is 0 Å². The fourth-order valence-corrected chi connectivity index (χ4v) is 1.26. The van der Waals surface area contributed by atoms with Crippen LogP contribution in [0, 0.1) is 0 Å². The van der Waals surface area contributed by atoms with Gasteiger partial charge in [-0.05, 0) is 32.9 Å². The van der Waals surface area contributed by atoms with Crippen molar-refractivity contribution in [1.29, 1.82) is 0 Å². The highest BCUT2D eigenvalue weighted by atomic mass is 16.5. The Hall–Kier alpha value is -1.28. The SMILES string of the molecule is CC(C)=CCOc1ccccc1C(C)O. The smallest absolute Gasteiger partial charge is 0.125 e. The monoisotopic (exact) mass is 206 g/mol. The average molecular weight is 206 g/mol. The molecule has 15 heavy (non-hydrogen) atoms. The van der Waals surface area contributed by atoms with Gasteiger partial charge in [0.15, 0.2) is 0 Å². The molecule has 0 aromatic heterocycles. The highest BCUT2D eigenvalue weighted by Crippen LogP contribution is 2.24. The van der Waals surface area contributed by atoms with Gasteiger partial charge in [0.1, 0.15) is 12.4 Å². The predicted octanol–water partition coefficient (Wildman–Crippen LogP) is 3.08. The molecule has 1 atom stereocenters. The standard InChI is InChI=1S/C13H18O2/c1-10(2)8-9-15-13-7-5-4-6-12(13)11(3)14/h4-8,11,14H,9H2,1-3H3. The van der Waals surface area contributed by atoms with E-state index in [-0.39, 0.29) is 0 Å². The summed E-state index contributed by atoms with van der Waals surface area (Å²) in [7, 11) is 0. The van der Waals surface area contributed by atoms with Crippen LogP contribution in [0.3, 0.4) is 0 Å². The van der Waals surface area contributed by atoms with Crippen LogP contribution in [0.4, 0.5) is 0 Å². The lowest BCUT2D eigenvalue weighted by atomic mass is 10.1. The van der Waals surface area contributed by atoms with Crippen molar-refractivity contribution in [3.05, 3.63) is 41.5 Å². The highest BCUT2D eigenvalue weighted by molar-refractivity contribution is 5.34. The van der Waals surface area contributed by atoms with Crippen LogP contribution in [0.2, 0.25) is 0 Å². The van der Waals surface area contributed by atoms with Crippen LogP contribution in [-0.4, -0.2) is 11.7 Å². The molecule has 82 valence electrons. The van der Waals surface area contributed by atoms with Crippen molar-refractivity contribution in [2.75, 3.05) is 6.61 Å². The molecule has 0 spiro atoms. The number of aliphatic hydroxyl groups excluding tert-OH is 1. The highest BCUT2D eigenvalue weighted by Gasteiger charge is 2.06. The van der Waals surface area contributed by atoms with Gasteiger partial charge in [-0.15, -0.1) is 0 Å². The van der Waals surface area contributed by atoms with E-state index >= 15 is 0 Å². The molecule has 1 aromatic carbocycles. The van der Waals surface area contributed by atoms with Gasteiger partial charge >= 0.3 is 0 Å². The number of rotatable bonds is 4. The molecular formula is C13H18O2. The summed E-state index contributed by atoms with van der Waals surface area (Å²) in [5.41, 5.74) is 2.06. The maximum Gasteiger partial charge on any atom is 0.125 e. The average Bonchev–Trinajstić information content (AvgIpc) is 2.17. The zero-order valence-electron chi connectivity index (χ0n) is 9.53. The maximum atomic E-state index is 9.52. The van der Waals surface area contributed by atoms with E-state index in [0.29, 0.717) is 6.61 Å². The molecule has 0 heterocycles. The first kappa shape index (κ1) is 11.8. The van der Waals surface area contributed by atoms with E-state index in [4.69, 9.17) is 4.74 Å². The van der Waals surface area contributed by atoms with Crippen LogP contribution in [0.15, 0.2) is 35.9 Å². The van der Waals surface area contributed by atoms with Crippen LogP contribution in [0.5, 0.6) is 5.75 Å². The molecule has 0 fully saturated rings. The van der Waals surface area contributed by atoms with Gasteiger partial charge in [0.05, 0.1) is 6.10 Å². The van der Waals surface area contributed by atoms with Crippen molar-refractivity contribution < 1.29 is 9.84 Å². The predicted molar refractivity (Wildman–Crippen MR) is 62.0 cm³/mol. The minimum absolute atomic E-state index is 0.493. The molecule has 0 bridgehead atoms. The first-order chi connectivity index (χ1) is 7.11.